The summed E-state index contributed by atoms with van der Waals surface area (Å²) in [4.78, 5) is 22.8. The first kappa shape index (κ1) is 14.8. The average molecular weight is 257 g/mol. The van der Waals surface area contributed by atoms with Crippen molar-refractivity contribution in [2.45, 2.75) is 52.2 Å². The second kappa shape index (κ2) is 6.04. The highest BCUT2D eigenvalue weighted by Gasteiger charge is 2.21. The van der Waals surface area contributed by atoms with E-state index in [0.717, 1.165) is 0 Å². The molecule has 1 unspecified atom stereocenters. The number of nitrogens with zero attached hydrogens (tertiary/aromatic N) is 1. The van der Waals surface area contributed by atoms with Gasteiger partial charge in [0, 0.05) is 25.6 Å². The maximum Gasteiger partial charge on any atom is 0.407 e. The summed E-state index contributed by atoms with van der Waals surface area (Å²) in [6.07, 6.45) is 0.821. The van der Waals surface area contributed by atoms with E-state index in [2.05, 4.69) is 10.7 Å². The summed E-state index contributed by atoms with van der Waals surface area (Å²) in [7, 11) is 0. The van der Waals surface area contributed by atoms with Gasteiger partial charge in [-0.2, -0.15) is 0 Å². The van der Waals surface area contributed by atoms with Gasteiger partial charge in [0.1, 0.15) is 5.60 Å². The normalized spacial score (nSPS) is 17.8. The largest absolute Gasteiger partial charge is 0.444 e. The van der Waals surface area contributed by atoms with Gasteiger partial charge >= 0.3 is 6.09 Å². The van der Waals surface area contributed by atoms with Gasteiger partial charge in [-0.15, -0.1) is 0 Å². The first-order valence-corrected chi connectivity index (χ1v) is 6.31. The lowest BCUT2D eigenvalue weighted by Gasteiger charge is -2.23. The summed E-state index contributed by atoms with van der Waals surface area (Å²) in [6.45, 7) is 8.66. The van der Waals surface area contributed by atoms with Gasteiger partial charge in [-0.25, -0.2) is 10.2 Å². The number of alkyl carbamates (subject to hydrolysis) is 1. The van der Waals surface area contributed by atoms with Gasteiger partial charge in [-0.3, -0.25) is 9.80 Å². The average Bonchev–Trinajstić information content (AvgIpc) is 2.57. The minimum Gasteiger partial charge on any atom is -0.444 e. The zero-order valence-electron chi connectivity index (χ0n) is 11.6. The molecule has 2 amide bonds. The van der Waals surface area contributed by atoms with Crippen LogP contribution in [-0.4, -0.2) is 41.7 Å². The number of carbonyl (C=O) groups is 2. The molecule has 0 spiro atoms. The first-order chi connectivity index (χ1) is 8.28. The topological polar surface area (TPSA) is 70.7 Å². The molecule has 0 aromatic rings. The second-order valence-electron chi connectivity index (χ2n) is 5.54. The highest BCUT2D eigenvalue weighted by Crippen LogP contribution is 2.07. The molecule has 0 radical (unpaired) electrons. The first-order valence-electron chi connectivity index (χ1n) is 6.31. The molecular weight excluding hydrogens is 234 g/mol. The van der Waals surface area contributed by atoms with Crippen molar-refractivity contribution in [3.63, 3.8) is 0 Å². The summed E-state index contributed by atoms with van der Waals surface area (Å²) in [5.74, 6) is 0.111. The lowest BCUT2D eigenvalue weighted by Crippen LogP contribution is -2.41. The predicted octanol–water partition coefficient (Wildman–Crippen LogP) is 1.03. The van der Waals surface area contributed by atoms with E-state index in [1.165, 1.54) is 0 Å². The van der Waals surface area contributed by atoms with Crippen LogP contribution in [0.25, 0.3) is 0 Å². The van der Waals surface area contributed by atoms with E-state index < -0.39 is 11.7 Å². The summed E-state index contributed by atoms with van der Waals surface area (Å²) in [5, 5.41) is 4.35. The van der Waals surface area contributed by atoms with E-state index in [0.29, 0.717) is 25.9 Å². The van der Waals surface area contributed by atoms with E-state index in [1.54, 1.807) is 5.01 Å². The third-order valence-electron chi connectivity index (χ3n) is 2.49. The van der Waals surface area contributed by atoms with Crippen LogP contribution in [-0.2, 0) is 9.53 Å². The highest BCUT2D eigenvalue weighted by molar-refractivity contribution is 5.77. The molecule has 2 N–H and O–H groups in total. The maximum absolute atomic E-state index is 11.5. The van der Waals surface area contributed by atoms with Crippen molar-refractivity contribution in [3.05, 3.63) is 0 Å². The smallest absolute Gasteiger partial charge is 0.407 e. The predicted molar refractivity (Wildman–Crippen MR) is 67.8 cm³/mol. The summed E-state index contributed by atoms with van der Waals surface area (Å²) >= 11 is 0. The Hall–Kier alpha value is -1.30. The number of carbonyl (C=O) groups excluding carboxylic acids is 2. The minimum atomic E-state index is -0.490. The zero-order valence-corrected chi connectivity index (χ0v) is 11.6. The summed E-state index contributed by atoms with van der Waals surface area (Å²) < 4.78 is 5.16. The number of hydrogen-bond acceptors (Lipinski definition) is 4. The van der Waals surface area contributed by atoms with Crippen LogP contribution in [0.3, 0.4) is 0 Å². The monoisotopic (exact) mass is 257 g/mol. The van der Waals surface area contributed by atoms with Gasteiger partial charge in [0.2, 0.25) is 5.91 Å². The summed E-state index contributed by atoms with van der Waals surface area (Å²) in [5.41, 5.74) is 2.50. The molecule has 104 valence electrons. The Kier molecular flexibility index (Phi) is 4.95. The fourth-order valence-electron chi connectivity index (χ4n) is 1.63. The molecule has 18 heavy (non-hydrogen) atoms. The lowest BCUT2D eigenvalue weighted by atomic mass is 10.2. The van der Waals surface area contributed by atoms with Gasteiger partial charge < -0.3 is 10.1 Å². The van der Waals surface area contributed by atoms with E-state index in [-0.39, 0.29) is 11.9 Å². The molecular formula is C12H23N3O3. The van der Waals surface area contributed by atoms with Crippen LogP contribution in [0.15, 0.2) is 0 Å². The Labute approximate surface area is 108 Å². The van der Waals surface area contributed by atoms with Crippen molar-refractivity contribution in [3.8, 4) is 0 Å². The molecule has 1 saturated heterocycles. The van der Waals surface area contributed by atoms with Crippen LogP contribution in [0.4, 0.5) is 4.79 Å². The van der Waals surface area contributed by atoms with Crippen LogP contribution in [0.2, 0.25) is 0 Å². The number of rotatable bonds is 4. The van der Waals surface area contributed by atoms with Crippen molar-refractivity contribution in [2.75, 3.05) is 13.1 Å². The van der Waals surface area contributed by atoms with Gasteiger partial charge in [-0.05, 0) is 34.1 Å². The number of amides is 2. The minimum absolute atomic E-state index is 0.0324. The molecule has 0 bridgehead atoms. The van der Waals surface area contributed by atoms with E-state index in [4.69, 9.17) is 4.74 Å². The molecule has 0 aromatic heterocycles. The van der Waals surface area contributed by atoms with Crippen molar-refractivity contribution < 1.29 is 14.3 Å². The van der Waals surface area contributed by atoms with E-state index in [9.17, 15) is 9.59 Å². The molecule has 0 saturated carbocycles. The fourth-order valence-corrected chi connectivity index (χ4v) is 1.63. The summed E-state index contributed by atoms with van der Waals surface area (Å²) in [6, 6.07) is -0.0324. The quantitative estimate of drug-likeness (QED) is 0.789. The Balaban J connectivity index is 2.23. The molecule has 6 heteroatoms. The number of nitrogens with one attached hydrogen (secondary N) is 2. The number of hydrogen-bond donors (Lipinski definition) is 2. The molecule has 1 heterocycles. The molecule has 0 aromatic carbocycles. The standard InChI is InChI=1S/C12H23N3O3/c1-9(14-11(17)18-12(2,3)4)6-8-15-10(16)5-7-13-15/h9,13H,5-8H2,1-4H3,(H,14,17). The van der Waals surface area contributed by atoms with Crippen LogP contribution >= 0.6 is 0 Å². The van der Waals surface area contributed by atoms with Gasteiger partial charge in [0.25, 0.3) is 0 Å². The fraction of sp³-hybridized carbons (Fsp3) is 0.833. The molecule has 1 atom stereocenters. The Morgan fingerprint density at radius 1 is 1.56 bits per heavy atom. The Morgan fingerprint density at radius 3 is 2.72 bits per heavy atom. The zero-order chi connectivity index (χ0) is 13.8. The third-order valence-corrected chi connectivity index (χ3v) is 2.49. The maximum atomic E-state index is 11.5. The van der Waals surface area contributed by atoms with Crippen molar-refractivity contribution in [2.24, 2.45) is 0 Å². The van der Waals surface area contributed by atoms with Crippen LogP contribution in [0, 0.1) is 0 Å². The molecule has 1 aliphatic heterocycles. The SMILES string of the molecule is CC(CCN1NCCC1=O)NC(=O)OC(C)(C)C. The van der Waals surface area contributed by atoms with Crippen molar-refractivity contribution in [1.82, 2.24) is 15.8 Å². The van der Waals surface area contributed by atoms with Crippen LogP contribution in [0.5, 0.6) is 0 Å². The van der Waals surface area contributed by atoms with Gasteiger partial charge in [0.15, 0.2) is 0 Å². The molecule has 1 fully saturated rings. The van der Waals surface area contributed by atoms with E-state index >= 15 is 0 Å². The Morgan fingerprint density at radius 2 is 2.22 bits per heavy atom. The van der Waals surface area contributed by atoms with Gasteiger partial charge in [0.05, 0.1) is 0 Å². The van der Waals surface area contributed by atoms with Crippen LogP contribution < -0.4 is 10.7 Å². The lowest BCUT2D eigenvalue weighted by molar-refractivity contribution is -0.129. The Bertz CT molecular complexity index is 312. The van der Waals surface area contributed by atoms with Crippen molar-refractivity contribution in [1.29, 1.82) is 0 Å². The third kappa shape index (κ3) is 5.35. The highest BCUT2D eigenvalue weighted by atomic mass is 16.6. The molecule has 0 aliphatic carbocycles. The van der Waals surface area contributed by atoms with Crippen molar-refractivity contribution >= 4 is 12.0 Å². The molecule has 1 aliphatic rings. The number of ether oxygens (including phenoxy) is 1. The second-order valence-corrected chi connectivity index (χ2v) is 5.54. The van der Waals surface area contributed by atoms with E-state index in [1.807, 2.05) is 27.7 Å². The molecule has 6 nitrogen and oxygen atoms in total. The van der Waals surface area contributed by atoms with Crippen LogP contribution in [0.1, 0.15) is 40.5 Å². The molecule has 1 rings (SSSR count). The number of hydrazine groups is 1. The van der Waals surface area contributed by atoms with Gasteiger partial charge in [-0.1, -0.05) is 0 Å².